The van der Waals surface area contributed by atoms with Gasteiger partial charge in [-0.1, -0.05) is 13.8 Å². The minimum absolute atomic E-state index is 0. The van der Waals surface area contributed by atoms with Crippen molar-refractivity contribution in [3.63, 3.8) is 0 Å². The fourth-order valence-electron chi connectivity index (χ4n) is 6.65. The smallest absolute Gasteiger partial charge is 0.227 e. The van der Waals surface area contributed by atoms with E-state index in [0.29, 0.717) is 22.9 Å². The number of fused-ring (bicyclic) bond motifs is 3. The van der Waals surface area contributed by atoms with Crippen molar-refractivity contribution in [2.45, 2.75) is 84.2 Å². The number of likely N-dealkylation sites (tertiary alicyclic amines) is 1. The normalized spacial score (nSPS) is 36.9. The lowest BCUT2D eigenvalue weighted by molar-refractivity contribution is -0.140. The Bertz CT molecular complexity index is 528. The molecule has 0 aromatic heterocycles. The van der Waals surface area contributed by atoms with E-state index in [9.17, 15) is 4.79 Å². The number of amides is 1. The molecule has 2 aliphatic heterocycles. The molecule has 0 radical (unpaired) electrons. The van der Waals surface area contributed by atoms with Gasteiger partial charge < -0.3 is 16.0 Å². The Kier molecular flexibility index (Phi) is 6.48. The molecule has 2 saturated heterocycles. The van der Waals surface area contributed by atoms with E-state index in [-0.39, 0.29) is 12.1 Å². The molecule has 5 heteroatoms. The number of hydrogen-bond donors (Lipinski definition) is 1. The largest absolute Gasteiger partial charge is 0.344 e. The molecule has 0 aromatic rings. The summed E-state index contributed by atoms with van der Waals surface area (Å²) in [6.45, 7) is 15.5. The van der Waals surface area contributed by atoms with E-state index in [1.807, 2.05) is 0 Å². The average Bonchev–Trinajstić information content (AvgIpc) is 3.19. The van der Waals surface area contributed by atoms with Crippen molar-refractivity contribution in [1.29, 1.82) is 0 Å². The highest BCUT2D eigenvalue weighted by molar-refractivity contribution is 5.79. The highest BCUT2D eigenvalue weighted by atomic mass is 16.2. The fourth-order valence-corrected chi connectivity index (χ4v) is 6.65. The van der Waals surface area contributed by atoms with Crippen LogP contribution in [0.5, 0.6) is 0 Å². The first-order chi connectivity index (χ1) is 12.9. The van der Waals surface area contributed by atoms with Gasteiger partial charge in [0, 0.05) is 44.3 Å². The molecule has 5 aliphatic rings. The van der Waals surface area contributed by atoms with E-state index >= 15 is 0 Å². The molecule has 28 heavy (non-hydrogen) atoms. The molecule has 5 rings (SSSR count). The van der Waals surface area contributed by atoms with Gasteiger partial charge in [-0.2, -0.15) is 0 Å². The molecular weight excluding hydrogens is 348 g/mol. The summed E-state index contributed by atoms with van der Waals surface area (Å²) >= 11 is 0. The van der Waals surface area contributed by atoms with Crippen LogP contribution in [0, 0.1) is 17.3 Å². The number of hydrogen-bond acceptors (Lipinski definition) is 4. The van der Waals surface area contributed by atoms with Crippen LogP contribution in [0.2, 0.25) is 0 Å². The maximum absolute atomic E-state index is 13.0. The highest BCUT2D eigenvalue weighted by Crippen LogP contribution is 2.57. The van der Waals surface area contributed by atoms with Gasteiger partial charge in [0.1, 0.15) is 0 Å². The Morgan fingerprint density at radius 2 is 1.43 bits per heavy atom. The zero-order valence-electron chi connectivity index (χ0n) is 18.9. The minimum Gasteiger partial charge on any atom is -0.344 e. The van der Waals surface area contributed by atoms with Gasteiger partial charge in [-0.05, 0) is 76.7 Å². The van der Waals surface area contributed by atoms with Crippen LogP contribution in [-0.2, 0) is 4.79 Å². The molecular formula is C23H44N4O. The molecule has 3 saturated carbocycles. The van der Waals surface area contributed by atoms with Crippen LogP contribution in [0.1, 0.15) is 72.6 Å². The predicted molar refractivity (Wildman–Crippen MR) is 116 cm³/mol. The number of nitrogens with zero attached hydrogens (tertiary/aromatic N) is 3. The lowest BCUT2D eigenvalue weighted by Crippen LogP contribution is -2.63. The van der Waals surface area contributed by atoms with Crippen molar-refractivity contribution >= 4 is 5.91 Å². The van der Waals surface area contributed by atoms with Crippen molar-refractivity contribution in [2.24, 2.45) is 17.3 Å². The lowest BCUT2D eigenvalue weighted by Gasteiger charge is -2.60. The van der Waals surface area contributed by atoms with E-state index in [1.165, 1.54) is 38.5 Å². The molecule has 2 heterocycles. The summed E-state index contributed by atoms with van der Waals surface area (Å²) in [5.41, 5.74) is 1.11. The van der Waals surface area contributed by atoms with Crippen LogP contribution in [0.15, 0.2) is 0 Å². The second kappa shape index (κ2) is 8.23. The van der Waals surface area contributed by atoms with E-state index in [1.54, 1.807) is 0 Å². The van der Waals surface area contributed by atoms with Crippen LogP contribution in [0.3, 0.4) is 0 Å². The van der Waals surface area contributed by atoms with Crippen LogP contribution >= 0.6 is 0 Å². The van der Waals surface area contributed by atoms with Crippen molar-refractivity contribution in [3.8, 4) is 0 Å². The Morgan fingerprint density at radius 3 is 1.89 bits per heavy atom. The lowest BCUT2D eigenvalue weighted by atomic mass is 9.53. The van der Waals surface area contributed by atoms with Gasteiger partial charge in [-0.15, -0.1) is 0 Å². The first kappa shape index (κ1) is 22.0. The van der Waals surface area contributed by atoms with Crippen molar-refractivity contribution in [1.82, 2.24) is 20.9 Å². The maximum atomic E-state index is 13.0. The van der Waals surface area contributed by atoms with E-state index in [0.717, 1.165) is 51.6 Å². The van der Waals surface area contributed by atoms with Crippen LogP contribution in [0.25, 0.3) is 0 Å². The van der Waals surface area contributed by atoms with Gasteiger partial charge in [-0.25, -0.2) is 0 Å². The topological polar surface area (TPSA) is 61.8 Å². The third-order valence-corrected chi connectivity index (χ3v) is 9.05. The van der Waals surface area contributed by atoms with Crippen LogP contribution in [-0.4, -0.2) is 71.5 Å². The summed E-state index contributed by atoms with van der Waals surface area (Å²) in [5.74, 6) is 1.51. The van der Waals surface area contributed by atoms with Crippen molar-refractivity contribution in [3.05, 3.63) is 0 Å². The Hall–Kier alpha value is -0.650. The van der Waals surface area contributed by atoms with E-state index in [2.05, 4.69) is 42.4 Å². The summed E-state index contributed by atoms with van der Waals surface area (Å²) in [7, 11) is 0. The van der Waals surface area contributed by atoms with Gasteiger partial charge in [0.25, 0.3) is 0 Å². The molecule has 0 aromatic carbocycles. The first-order valence-electron chi connectivity index (χ1n) is 11.6. The summed E-state index contributed by atoms with van der Waals surface area (Å²) in [6.07, 6.45) is 9.52. The molecule has 1 atom stereocenters. The second-order valence-corrected chi connectivity index (χ2v) is 10.6. The summed E-state index contributed by atoms with van der Waals surface area (Å²) in [6, 6.07) is 0.564. The molecule has 162 valence electrons. The molecule has 5 nitrogen and oxygen atoms in total. The number of rotatable bonds is 4. The molecule has 0 unspecified atom stereocenters. The summed E-state index contributed by atoms with van der Waals surface area (Å²) in [4.78, 5) is 20.4. The molecule has 1 amide bonds. The highest BCUT2D eigenvalue weighted by Gasteiger charge is 2.52. The zero-order chi connectivity index (χ0) is 19.2. The van der Waals surface area contributed by atoms with Crippen LogP contribution in [0.4, 0.5) is 0 Å². The van der Waals surface area contributed by atoms with Crippen molar-refractivity contribution < 1.29 is 4.79 Å². The fraction of sp³-hybridized carbons (Fsp3) is 0.957. The second-order valence-electron chi connectivity index (χ2n) is 10.6. The van der Waals surface area contributed by atoms with Gasteiger partial charge in [0.05, 0.1) is 5.92 Å². The summed E-state index contributed by atoms with van der Waals surface area (Å²) in [5, 5.41) is 0. The van der Waals surface area contributed by atoms with Gasteiger partial charge >= 0.3 is 0 Å². The molecule has 2 bridgehead atoms. The Labute approximate surface area is 172 Å². The predicted octanol–water partition coefficient (Wildman–Crippen LogP) is 3.77. The van der Waals surface area contributed by atoms with E-state index < -0.39 is 0 Å². The molecule has 3 N–H and O–H groups in total. The monoisotopic (exact) mass is 392 g/mol. The third kappa shape index (κ3) is 3.75. The quantitative estimate of drug-likeness (QED) is 0.791. The maximum Gasteiger partial charge on any atom is 0.227 e. The third-order valence-electron chi connectivity index (χ3n) is 9.05. The molecule has 0 spiro atoms. The molecule has 5 fully saturated rings. The number of carbonyl (C=O) groups is 1. The van der Waals surface area contributed by atoms with Crippen molar-refractivity contribution in [2.75, 3.05) is 39.3 Å². The first-order valence-corrected chi connectivity index (χ1v) is 11.6. The SMILES string of the molecule is CC(C)N1CC[C@H](C(=O)N2CCN(C34CCC(C(C)C)(CC3)CC4)CC2)C1.N. The minimum atomic E-state index is 0. The van der Waals surface area contributed by atoms with Gasteiger partial charge in [0.2, 0.25) is 5.91 Å². The standard InChI is InChI=1S/C23H41N3O.H3N/c1-18(2)22-6-9-23(10-7-22,11-8-22)26-15-13-24(14-16-26)21(27)20-5-12-25(17-20)19(3)4;/h18-20H,5-17H2,1-4H3;1H3/t20-,22?,23?;/m0./s1. The van der Waals surface area contributed by atoms with E-state index in [4.69, 9.17) is 0 Å². The zero-order valence-corrected chi connectivity index (χ0v) is 18.9. The Morgan fingerprint density at radius 1 is 0.857 bits per heavy atom. The Balaban J connectivity index is 0.00000225. The molecule has 3 aliphatic carbocycles. The van der Waals surface area contributed by atoms with Gasteiger partial charge in [0.15, 0.2) is 0 Å². The number of piperazine rings is 1. The number of carbonyl (C=O) groups excluding carboxylic acids is 1. The summed E-state index contributed by atoms with van der Waals surface area (Å²) < 4.78 is 0. The van der Waals surface area contributed by atoms with Crippen LogP contribution < -0.4 is 6.15 Å². The van der Waals surface area contributed by atoms with Gasteiger partial charge in [-0.3, -0.25) is 9.69 Å². The average molecular weight is 393 g/mol.